The van der Waals surface area contributed by atoms with Crippen LogP contribution >= 0.6 is 11.3 Å². The molecule has 1 unspecified atom stereocenters. The number of amides is 1. The van der Waals surface area contributed by atoms with Crippen LogP contribution in [0.5, 0.6) is 0 Å². The molecule has 7 nitrogen and oxygen atoms in total. The molecule has 0 bridgehead atoms. The van der Waals surface area contributed by atoms with Gasteiger partial charge < -0.3 is 9.30 Å². The zero-order valence-electron chi connectivity index (χ0n) is 19.7. The van der Waals surface area contributed by atoms with Gasteiger partial charge in [-0.15, -0.1) is 0 Å². The SMILES string of the molecule is CCn1c(=NC(=O)c2ccc(S(=O)(=O)N(C)CC3CCCO3)cc2)sc2c3ccccc3ccc21. The number of ether oxygens (including phenoxy) is 1. The molecule has 35 heavy (non-hydrogen) atoms. The van der Waals surface area contributed by atoms with Crippen molar-refractivity contribution >= 4 is 48.3 Å². The molecule has 3 aromatic carbocycles. The molecule has 1 atom stereocenters. The van der Waals surface area contributed by atoms with E-state index in [0.29, 0.717) is 30.1 Å². The van der Waals surface area contributed by atoms with Crippen LogP contribution in [0.2, 0.25) is 0 Å². The van der Waals surface area contributed by atoms with Crippen LogP contribution in [0.4, 0.5) is 0 Å². The number of aromatic nitrogens is 1. The minimum absolute atomic E-state index is 0.0712. The Labute approximate surface area is 208 Å². The van der Waals surface area contributed by atoms with Crippen LogP contribution in [0.25, 0.3) is 21.0 Å². The first-order valence-corrected chi connectivity index (χ1v) is 13.9. The van der Waals surface area contributed by atoms with Crippen molar-refractivity contribution in [1.82, 2.24) is 8.87 Å². The predicted molar refractivity (Wildman–Crippen MR) is 138 cm³/mol. The van der Waals surface area contributed by atoms with E-state index in [9.17, 15) is 13.2 Å². The third-order valence-corrected chi connectivity index (χ3v) is 9.35. The average Bonchev–Trinajstić information content (AvgIpc) is 3.51. The quantitative estimate of drug-likeness (QED) is 0.385. The summed E-state index contributed by atoms with van der Waals surface area (Å²) >= 11 is 1.49. The van der Waals surface area contributed by atoms with Crippen LogP contribution in [-0.4, -0.2) is 49.5 Å². The number of fused-ring (bicyclic) bond motifs is 3. The van der Waals surface area contributed by atoms with E-state index in [1.54, 1.807) is 7.05 Å². The summed E-state index contributed by atoms with van der Waals surface area (Å²) in [7, 11) is -2.11. The molecule has 0 N–H and O–H groups in total. The van der Waals surface area contributed by atoms with Gasteiger partial charge in [-0.2, -0.15) is 9.30 Å². The molecule has 0 spiro atoms. The highest BCUT2D eigenvalue weighted by atomic mass is 32.2. The number of benzene rings is 3. The molecule has 1 saturated heterocycles. The molecule has 2 heterocycles. The average molecular weight is 510 g/mol. The lowest BCUT2D eigenvalue weighted by Gasteiger charge is -2.20. The lowest BCUT2D eigenvalue weighted by Crippen LogP contribution is -2.34. The Bertz CT molecular complexity index is 1560. The van der Waals surface area contributed by atoms with E-state index < -0.39 is 15.9 Å². The van der Waals surface area contributed by atoms with Crippen molar-refractivity contribution in [2.24, 2.45) is 4.99 Å². The highest BCUT2D eigenvalue weighted by Crippen LogP contribution is 2.27. The summed E-state index contributed by atoms with van der Waals surface area (Å²) < 4.78 is 35.9. The summed E-state index contributed by atoms with van der Waals surface area (Å²) in [6, 6.07) is 18.3. The summed E-state index contributed by atoms with van der Waals surface area (Å²) in [5.74, 6) is -0.403. The van der Waals surface area contributed by atoms with Crippen LogP contribution in [0.15, 0.2) is 70.6 Å². The smallest absolute Gasteiger partial charge is 0.279 e. The summed E-state index contributed by atoms with van der Waals surface area (Å²) in [4.78, 5) is 18.2. The molecule has 1 amide bonds. The molecule has 5 rings (SSSR count). The lowest BCUT2D eigenvalue weighted by atomic mass is 10.1. The van der Waals surface area contributed by atoms with E-state index in [2.05, 4.69) is 29.3 Å². The first-order valence-electron chi connectivity index (χ1n) is 11.7. The van der Waals surface area contributed by atoms with Crippen molar-refractivity contribution < 1.29 is 17.9 Å². The molecule has 0 radical (unpaired) electrons. The second-order valence-electron chi connectivity index (χ2n) is 8.63. The van der Waals surface area contributed by atoms with E-state index in [1.807, 2.05) is 23.6 Å². The van der Waals surface area contributed by atoms with Crippen molar-refractivity contribution in [3.05, 3.63) is 71.0 Å². The molecule has 182 valence electrons. The Hall–Kier alpha value is -2.85. The molecule has 9 heteroatoms. The van der Waals surface area contributed by atoms with Gasteiger partial charge in [0.2, 0.25) is 10.0 Å². The largest absolute Gasteiger partial charge is 0.377 e. The number of hydrogen-bond acceptors (Lipinski definition) is 5. The van der Waals surface area contributed by atoms with Crippen molar-refractivity contribution in [2.45, 2.75) is 37.3 Å². The van der Waals surface area contributed by atoms with E-state index in [0.717, 1.165) is 33.8 Å². The predicted octanol–water partition coefficient (Wildman–Crippen LogP) is 4.42. The Morgan fingerprint density at radius 3 is 2.63 bits per heavy atom. The third kappa shape index (κ3) is 4.56. The third-order valence-electron chi connectivity index (χ3n) is 6.38. The van der Waals surface area contributed by atoms with E-state index in [4.69, 9.17) is 4.74 Å². The van der Waals surface area contributed by atoms with Gasteiger partial charge in [-0.25, -0.2) is 8.42 Å². The first kappa shape index (κ1) is 23.9. The van der Waals surface area contributed by atoms with Gasteiger partial charge in [0.15, 0.2) is 4.80 Å². The Balaban J connectivity index is 1.44. The molecule has 1 fully saturated rings. The maximum absolute atomic E-state index is 13.0. The summed E-state index contributed by atoms with van der Waals surface area (Å²) in [5.41, 5.74) is 1.38. The summed E-state index contributed by atoms with van der Waals surface area (Å²) in [6.45, 7) is 3.69. The normalized spacial score (nSPS) is 17.1. The zero-order chi connectivity index (χ0) is 24.6. The van der Waals surface area contributed by atoms with E-state index in [1.165, 1.54) is 39.9 Å². The summed E-state index contributed by atoms with van der Waals surface area (Å²) in [6.07, 6.45) is 1.74. The molecular formula is C26H27N3O4S2. The molecule has 1 aromatic heterocycles. The highest BCUT2D eigenvalue weighted by molar-refractivity contribution is 7.89. The number of aryl methyl sites for hydroxylation is 1. The van der Waals surface area contributed by atoms with Gasteiger partial charge in [0.05, 0.1) is 21.2 Å². The van der Waals surface area contributed by atoms with Crippen molar-refractivity contribution in [3.8, 4) is 0 Å². The number of rotatable bonds is 6. The second-order valence-corrected chi connectivity index (χ2v) is 11.6. The fraction of sp³-hybridized carbons (Fsp3) is 0.308. The lowest BCUT2D eigenvalue weighted by molar-refractivity contribution is 0.0979. The van der Waals surface area contributed by atoms with E-state index in [-0.39, 0.29) is 11.0 Å². The van der Waals surface area contributed by atoms with Gasteiger partial charge in [0, 0.05) is 37.7 Å². The molecule has 1 aliphatic heterocycles. The fourth-order valence-corrected chi connectivity index (χ4v) is 6.89. The highest BCUT2D eigenvalue weighted by Gasteiger charge is 2.26. The molecule has 0 saturated carbocycles. The maximum Gasteiger partial charge on any atom is 0.279 e. The van der Waals surface area contributed by atoms with Crippen molar-refractivity contribution in [2.75, 3.05) is 20.2 Å². The van der Waals surface area contributed by atoms with Gasteiger partial charge in [-0.3, -0.25) is 4.79 Å². The molecule has 4 aromatic rings. The van der Waals surface area contributed by atoms with Gasteiger partial charge >= 0.3 is 0 Å². The van der Waals surface area contributed by atoms with Crippen LogP contribution in [-0.2, 0) is 21.3 Å². The number of likely N-dealkylation sites (N-methyl/N-ethyl adjacent to an activating group) is 1. The number of carbonyl (C=O) groups excluding carboxylic acids is 1. The first-order chi connectivity index (χ1) is 16.9. The van der Waals surface area contributed by atoms with Crippen LogP contribution in [0.1, 0.15) is 30.1 Å². The number of carbonyl (C=O) groups is 1. The van der Waals surface area contributed by atoms with Gasteiger partial charge in [0.1, 0.15) is 0 Å². The van der Waals surface area contributed by atoms with Gasteiger partial charge in [0.25, 0.3) is 5.91 Å². The number of sulfonamides is 1. The number of thiazole rings is 1. The Morgan fingerprint density at radius 1 is 1.14 bits per heavy atom. The Kier molecular flexibility index (Phi) is 6.59. The zero-order valence-corrected chi connectivity index (χ0v) is 21.3. The Morgan fingerprint density at radius 2 is 1.91 bits per heavy atom. The van der Waals surface area contributed by atoms with Crippen LogP contribution in [0, 0.1) is 0 Å². The van der Waals surface area contributed by atoms with Gasteiger partial charge in [-0.1, -0.05) is 41.7 Å². The minimum atomic E-state index is -3.67. The molecule has 0 aliphatic carbocycles. The minimum Gasteiger partial charge on any atom is -0.377 e. The molecular weight excluding hydrogens is 482 g/mol. The standard InChI is InChI=1S/C26H27N3O4S2/c1-3-29-23-15-12-18-7-4-5-9-22(18)24(23)34-26(29)27-25(30)19-10-13-21(14-11-19)35(31,32)28(2)17-20-8-6-16-33-20/h4-5,7,9-15,20H,3,6,8,16-17H2,1-2H3. The fourth-order valence-electron chi connectivity index (χ4n) is 4.46. The maximum atomic E-state index is 13.0. The molecule has 1 aliphatic rings. The van der Waals surface area contributed by atoms with Gasteiger partial charge in [-0.05, 0) is 55.5 Å². The second kappa shape index (κ2) is 9.66. The van der Waals surface area contributed by atoms with Crippen LogP contribution < -0.4 is 4.80 Å². The monoisotopic (exact) mass is 509 g/mol. The van der Waals surface area contributed by atoms with Crippen molar-refractivity contribution in [1.29, 1.82) is 0 Å². The number of nitrogens with zero attached hydrogens (tertiary/aromatic N) is 3. The summed E-state index contributed by atoms with van der Waals surface area (Å²) in [5, 5.41) is 2.27. The number of hydrogen-bond donors (Lipinski definition) is 0. The van der Waals surface area contributed by atoms with Crippen molar-refractivity contribution in [3.63, 3.8) is 0 Å². The topological polar surface area (TPSA) is 81.0 Å². The van der Waals surface area contributed by atoms with E-state index >= 15 is 0 Å². The van der Waals surface area contributed by atoms with Crippen LogP contribution in [0.3, 0.4) is 0 Å².